The van der Waals surface area contributed by atoms with Gasteiger partial charge in [-0.3, -0.25) is 4.98 Å². The van der Waals surface area contributed by atoms with Crippen LogP contribution in [0.15, 0.2) is 30.5 Å². The minimum absolute atomic E-state index is 0.0806. The largest absolute Gasteiger partial charge is 0.497 e. The Balaban J connectivity index is 2.59. The average Bonchev–Trinajstić information content (AvgIpc) is 2.26. The van der Waals surface area contributed by atoms with E-state index in [1.54, 1.807) is 7.11 Å². The van der Waals surface area contributed by atoms with Crippen molar-refractivity contribution in [3.63, 3.8) is 0 Å². The minimum Gasteiger partial charge on any atom is -0.497 e. The van der Waals surface area contributed by atoms with Gasteiger partial charge in [0.2, 0.25) is 0 Å². The summed E-state index contributed by atoms with van der Waals surface area (Å²) in [4.78, 5) is 4.49. The summed E-state index contributed by atoms with van der Waals surface area (Å²) < 4.78 is 5.23. The van der Waals surface area contributed by atoms with E-state index in [0.717, 1.165) is 16.8 Å². The summed E-state index contributed by atoms with van der Waals surface area (Å²) in [5.74, 6) is 0.888. The van der Waals surface area contributed by atoms with Crippen LogP contribution in [-0.4, -0.2) is 12.1 Å². The van der Waals surface area contributed by atoms with E-state index in [1.807, 2.05) is 24.4 Å². The van der Waals surface area contributed by atoms with Gasteiger partial charge in [0, 0.05) is 22.7 Å². The second-order valence-corrected chi connectivity index (χ2v) is 5.03. The molecule has 2 aromatic rings. The predicted molar refractivity (Wildman–Crippen MR) is 67.0 cm³/mol. The number of rotatable bonds is 1. The molecule has 2 nitrogen and oxygen atoms in total. The van der Waals surface area contributed by atoms with E-state index in [1.165, 1.54) is 5.39 Å². The maximum absolute atomic E-state index is 5.23. The summed E-state index contributed by atoms with van der Waals surface area (Å²) in [6.07, 6.45) is 1.93. The van der Waals surface area contributed by atoms with Gasteiger partial charge in [0.1, 0.15) is 5.75 Å². The van der Waals surface area contributed by atoms with E-state index >= 15 is 0 Å². The van der Waals surface area contributed by atoms with Crippen LogP contribution >= 0.6 is 0 Å². The summed E-state index contributed by atoms with van der Waals surface area (Å²) in [6.45, 7) is 6.50. The Morgan fingerprint density at radius 1 is 1.06 bits per heavy atom. The highest BCUT2D eigenvalue weighted by Crippen LogP contribution is 2.26. The topological polar surface area (TPSA) is 22.1 Å². The van der Waals surface area contributed by atoms with E-state index in [-0.39, 0.29) is 5.41 Å². The lowest BCUT2D eigenvalue weighted by Crippen LogP contribution is -2.12. The Morgan fingerprint density at radius 2 is 1.81 bits per heavy atom. The van der Waals surface area contributed by atoms with Gasteiger partial charge >= 0.3 is 0 Å². The maximum atomic E-state index is 5.23. The van der Waals surface area contributed by atoms with Crippen molar-refractivity contribution in [3.05, 3.63) is 36.2 Å². The number of pyridine rings is 1. The molecular weight excluding hydrogens is 198 g/mol. The number of aromatic nitrogens is 1. The van der Waals surface area contributed by atoms with Crippen molar-refractivity contribution >= 4 is 10.8 Å². The first-order valence-corrected chi connectivity index (χ1v) is 5.45. The molecule has 0 bridgehead atoms. The molecule has 0 amide bonds. The third-order valence-electron chi connectivity index (χ3n) is 2.70. The average molecular weight is 215 g/mol. The lowest BCUT2D eigenvalue weighted by atomic mass is 9.91. The molecule has 0 spiro atoms. The SMILES string of the molecule is COc1ccc2cnc(C(C)(C)C)cc2c1. The van der Waals surface area contributed by atoms with Crippen molar-refractivity contribution in [2.75, 3.05) is 7.11 Å². The Bertz CT molecular complexity index is 512. The first-order valence-electron chi connectivity index (χ1n) is 5.45. The smallest absolute Gasteiger partial charge is 0.119 e. The van der Waals surface area contributed by atoms with Crippen LogP contribution in [0.2, 0.25) is 0 Å². The first kappa shape index (κ1) is 10.9. The molecule has 2 heteroatoms. The molecule has 16 heavy (non-hydrogen) atoms. The summed E-state index contributed by atoms with van der Waals surface area (Å²) >= 11 is 0. The van der Waals surface area contributed by atoms with Crippen LogP contribution < -0.4 is 4.74 Å². The van der Waals surface area contributed by atoms with E-state index in [9.17, 15) is 0 Å². The number of ether oxygens (including phenoxy) is 1. The van der Waals surface area contributed by atoms with Crippen molar-refractivity contribution in [1.82, 2.24) is 4.98 Å². The normalized spacial score (nSPS) is 11.8. The van der Waals surface area contributed by atoms with Crippen molar-refractivity contribution in [3.8, 4) is 5.75 Å². The van der Waals surface area contributed by atoms with Gasteiger partial charge in [0.05, 0.1) is 7.11 Å². The summed E-state index contributed by atoms with van der Waals surface area (Å²) in [7, 11) is 1.69. The van der Waals surface area contributed by atoms with Crippen LogP contribution in [0.1, 0.15) is 26.5 Å². The molecule has 84 valence electrons. The van der Waals surface area contributed by atoms with Crippen LogP contribution in [0.25, 0.3) is 10.8 Å². The molecule has 0 aliphatic rings. The van der Waals surface area contributed by atoms with E-state index in [2.05, 4.69) is 31.8 Å². The number of hydrogen-bond donors (Lipinski definition) is 0. The molecule has 1 aromatic heterocycles. The molecule has 0 fully saturated rings. The van der Waals surface area contributed by atoms with Gasteiger partial charge in [-0.2, -0.15) is 0 Å². The lowest BCUT2D eigenvalue weighted by Gasteiger charge is -2.18. The number of nitrogens with zero attached hydrogens (tertiary/aromatic N) is 1. The van der Waals surface area contributed by atoms with Crippen LogP contribution in [0.5, 0.6) is 5.75 Å². The van der Waals surface area contributed by atoms with Gasteiger partial charge in [-0.15, -0.1) is 0 Å². The molecule has 1 heterocycles. The zero-order valence-electron chi connectivity index (χ0n) is 10.2. The van der Waals surface area contributed by atoms with Crippen molar-refractivity contribution in [2.45, 2.75) is 26.2 Å². The fourth-order valence-corrected chi connectivity index (χ4v) is 1.66. The standard InChI is InChI=1S/C14H17NO/c1-14(2,3)13-8-11-7-12(16-4)6-5-10(11)9-15-13/h5-9H,1-4H3. The Hall–Kier alpha value is -1.57. The number of benzene rings is 1. The minimum atomic E-state index is 0.0806. The predicted octanol–water partition coefficient (Wildman–Crippen LogP) is 3.54. The van der Waals surface area contributed by atoms with Gasteiger partial charge in [0.15, 0.2) is 0 Å². The zero-order valence-corrected chi connectivity index (χ0v) is 10.2. The van der Waals surface area contributed by atoms with Crippen LogP contribution in [0.4, 0.5) is 0 Å². The molecule has 0 saturated heterocycles. The van der Waals surface area contributed by atoms with Crippen molar-refractivity contribution in [2.24, 2.45) is 0 Å². The van der Waals surface area contributed by atoms with Crippen molar-refractivity contribution < 1.29 is 4.74 Å². The monoisotopic (exact) mass is 215 g/mol. The first-order chi connectivity index (χ1) is 7.50. The van der Waals surface area contributed by atoms with Gasteiger partial charge < -0.3 is 4.74 Å². The molecule has 0 radical (unpaired) electrons. The molecule has 0 unspecified atom stereocenters. The van der Waals surface area contributed by atoms with Gasteiger partial charge in [0.25, 0.3) is 0 Å². The van der Waals surface area contributed by atoms with E-state index in [4.69, 9.17) is 4.74 Å². The molecule has 0 atom stereocenters. The quantitative estimate of drug-likeness (QED) is 0.726. The number of hydrogen-bond acceptors (Lipinski definition) is 2. The highest BCUT2D eigenvalue weighted by atomic mass is 16.5. The highest BCUT2D eigenvalue weighted by Gasteiger charge is 2.15. The fraction of sp³-hybridized carbons (Fsp3) is 0.357. The fourth-order valence-electron chi connectivity index (χ4n) is 1.66. The highest BCUT2D eigenvalue weighted by molar-refractivity contribution is 5.83. The third kappa shape index (κ3) is 2.01. The molecule has 0 saturated carbocycles. The van der Waals surface area contributed by atoms with Crippen molar-refractivity contribution in [1.29, 1.82) is 0 Å². The second-order valence-electron chi connectivity index (χ2n) is 5.03. The molecule has 2 rings (SSSR count). The van der Waals surface area contributed by atoms with Gasteiger partial charge in [-0.05, 0) is 29.7 Å². The molecular formula is C14H17NO. The molecule has 1 aromatic carbocycles. The van der Waals surface area contributed by atoms with Gasteiger partial charge in [-0.1, -0.05) is 20.8 Å². The molecule has 0 aliphatic carbocycles. The number of methoxy groups -OCH3 is 1. The van der Waals surface area contributed by atoms with Crippen LogP contribution in [0.3, 0.4) is 0 Å². The number of fused-ring (bicyclic) bond motifs is 1. The molecule has 0 aliphatic heterocycles. The summed E-state index contributed by atoms with van der Waals surface area (Å²) in [5.41, 5.74) is 1.19. The van der Waals surface area contributed by atoms with Crippen LogP contribution in [-0.2, 0) is 5.41 Å². The lowest BCUT2D eigenvalue weighted by molar-refractivity contribution is 0.415. The van der Waals surface area contributed by atoms with E-state index in [0.29, 0.717) is 0 Å². The van der Waals surface area contributed by atoms with Gasteiger partial charge in [-0.25, -0.2) is 0 Å². The summed E-state index contributed by atoms with van der Waals surface area (Å²) in [6, 6.07) is 8.18. The maximum Gasteiger partial charge on any atom is 0.119 e. The zero-order chi connectivity index (χ0) is 11.8. The van der Waals surface area contributed by atoms with Crippen LogP contribution in [0, 0.1) is 0 Å². The Labute approximate surface area is 96.3 Å². The van der Waals surface area contributed by atoms with E-state index < -0.39 is 0 Å². The second kappa shape index (κ2) is 3.78. The summed E-state index contributed by atoms with van der Waals surface area (Å²) in [5, 5.41) is 2.33. The Morgan fingerprint density at radius 3 is 2.44 bits per heavy atom. The third-order valence-corrected chi connectivity index (χ3v) is 2.70. The Kier molecular flexibility index (Phi) is 2.58. The molecule has 0 N–H and O–H groups in total.